The van der Waals surface area contributed by atoms with Crippen LogP contribution in [0.25, 0.3) is 0 Å². The third-order valence-electron chi connectivity index (χ3n) is 3.62. The van der Waals surface area contributed by atoms with Crippen LogP contribution in [-0.4, -0.2) is 46.9 Å². The van der Waals surface area contributed by atoms with E-state index >= 15 is 0 Å². The molecule has 6 atom stereocenters. The highest BCUT2D eigenvalue weighted by Gasteiger charge is 2.58. The van der Waals surface area contributed by atoms with E-state index in [1.54, 1.807) is 0 Å². The lowest BCUT2D eigenvalue weighted by atomic mass is 9.86. The first kappa shape index (κ1) is 13.2. The average molecular weight is 262 g/mol. The van der Waals surface area contributed by atoms with E-state index < -0.39 is 48.2 Å². The van der Waals surface area contributed by atoms with Gasteiger partial charge in [0, 0.05) is 18.9 Å². The van der Waals surface area contributed by atoms with Crippen molar-refractivity contribution in [2.75, 3.05) is 7.11 Å². The van der Waals surface area contributed by atoms with Crippen molar-refractivity contribution >= 4 is 11.9 Å². The molecular weight excluding hydrogens is 248 g/mol. The Bertz CT molecular complexity index is 356. The molecule has 0 radical (unpaired) electrons. The molecule has 2 rings (SSSR count). The minimum Gasteiger partial charge on any atom is -0.481 e. The summed E-state index contributed by atoms with van der Waals surface area (Å²) in [6, 6.07) is 0. The normalized spacial score (nSPS) is 43.4. The second-order valence-corrected chi connectivity index (χ2v) is 4.48. The SMILES string of the molecule is COC1OOC(O)[C@H]2C[C@@H]1[C@@H](C(=O)O)[C@@H]2C(=O)O. The van der Waals surface area contributed by atoms with Crippen LogP contribution in [0, 0.1) is 23.7 Å². The van der Waals surface area contributed by atoms with Crippen LogP contribution >= 0.6 is 0 Å². The van der Waals surface area contributed by atoms with Crippen molar-refractivity contribution < 1.29 is 39.4 Å². The van der Waals surface area contributed by atoms with Crippen molar-refractivity contribution in [1.82, 2.24) is 0 Å². The third kappa shape index (κ3) is 1.97. The third-order valence-corrected chi connectivity index (χ3v) is 3.62. The summed E-state index contributed by atoms with van der Waals surface area (Å²) in [5.41, 5.74) is 0. The van der Waals surface area contributed by atoms with E-state index in [1.165, 1.54) is 7.11 Å². The lowest BCUT2D eigenvalue weighted by Gasteiger charge is -2.28. The number of aliphatic hydroxyl groups is 1. The summed E-state index contributed by atoms with van der Waals surface area (Å²) in [7, 11) is 1.30. The van der Waals surface area contributed by atoms with E-state index in [0.29, 0.717) is 0 Å². The first-order valence-corrected chi connectivity index (χ1v) is 5.46. The lowest BCUT2D eigenvalue weighted by molar-refractivity contribution is -0.437. The summed E-state index contributed by atoms with van der Waals surface area (Å²) < 4.78 is 4.94. The van der Waals surface area contributed by atoms with Gasteiger partial charge in [0.1, 0.15) is 0 Å². The predicted octanol–water partition coefficient (Wildman–Crippen LogP) is -0.723. The molecule has 2 fully saturated rings. The lowest BCUT2D eigenvalue weighted by Crippen LogP contribution is -2.41. The van der Waals surface area contributed by atoms with Gasteiger partial charge in [-0.15, -0.1) is 0 Å². The Kier molecular flexibility index (Phi) is 3.53. The van der Waals surface area contributed by atoms with Crippen molar-refractivity contribution in [2.45, 2.75) is 19.0 Å². The zero-order chi connectivity index (χ0) is 13.4. The van der Waals surface area contributed by atoms with Crippen molar-refractivity contribution in [3.63, 3.8) is 0 Å². The highest BCUT2D eigenvalue weighted by Crippen LogP contribution is 2.48. The Hall–Kier alpha value is -1.22. The van der Waals surface area contributed by atoms with Crippen molar-refractivity contribution in [2.24, 2.45) is 23.7 Å². The van der Waals surface area contributed by atoms with Gasteiger partial charge in [0.15, 0.2) is 12.6 Å². The molecule has 0 aromatic carbocycles. The first-order chi connectivity index (χ1) is 8.47. The molecule has 1 aliphatic heterocycles. The van der Waals surface area contributed by atoms with Crippen molar-refractivity contribution in [3.8, 4) is 0 Å². The molecule has 1 saturated carbocycles. The number of carboxylic acid groups (broad SMARTS) is 2. The van der Waals surface area contributed by atoms with Crippen molar-refractivity contribution in [1.29, 1.82) is 0 Å². The summed E-state index contributed by atoms with van der Waals surface area (Å²) >= 11 is 0. The number of carbonyl (C=O) groups is 2. The maximum atomic E-state index is 11.2. The number of carboxylic acids is 2. The predicted molar refractivity (Wildman–Crippen MR) is 52.8 cm³/mol. The fraction of sp³-hybridized carbons (Fsp3) is 0.800. The van der Waals surface area contributed by atoms with Crippen LogP contribution in [0.4, 0.5) is 0 Å². The minimum atomic E-state index is -1.47. The summed E-state index contributed by atoms with van der Waals surface area (Å²) in [4.78, 5) is 31.8. The van der Waals surface area contributed by atoms with E-state index in [9.17, 15) is 19.8 Å². The van der Waals surface area contributed by atoms with Gasteiger partial charge in [-0.25, -0.2) is 9.78 Å². The van der Waals surface area contributed by atoms with E-state index in [2.05, 4.69) is 4.89 Å². The molecule has 3 N–H and O–H groups in total. The van der Waals surface area contributed by atoms with E-state index in [0.717, 1.165) is 0 Å². The first-order valence-electron chi connectivity index (χ1n) is 5.46. The number of hydrogen-bond acceptors (Lipinski definition) is 6. The molecule has 102 valence electrons. The molecule has 1 aliphatic carbocycles. The van der Waals surface area contributed by atoms with Gasteiger partial charge >= 0.3 is 11.9 Å². The molecule has 8 heteroatoms. The van der Waals surface area contributed by atoms with Gasteiger partial charge in [-0.2, -0.15) is 0 Å². The molecule has 2 unspecified atom stereocenters. The Morgan fingerprint density at radius 3 is 2.17 bits per heavy atom. The van der Waals surface area contributed by atoms with Gasteiger partial charge in [-0.1, -0.05) is 0 Å². The summed E-state index contributed by atoms with van der Waals surface area (Å²) in [6.07, 6.45) is -2.32. The van der Waals surface area contributed by atoms with Crippen LogP contribution in [0.2, 0.25) is 0 Å². The molecule has 1 saturated heterocycles. The standard InChI is InChI=1S/C10H14O8/c1-16-10-4-2-3(9(15)17-18-10)5(7(11)12)6(4)8(13)14/h3-6,9-10,15H,2H2,1H3,(H,11,12)(H,13,14)/t3-,4+,5+,6+,9?,10?/m0/s1. The number of ether oxygens (including phenoxy) is 1. The number of rotatable bonds is 3. The molecule has 0 amide bonds. The van der Waals surface area contributed by atoms with Gasteiger partial charge in [-0.3, -0.25) is 9.59 Å². The Morgan fingerprint density at radius 1 is 1.11 bits per heavy atom. The fourth-order valence-corrected chi connectivity index (χ4v) is 2.86. The van der Waals surface area contributed by atoms with E-state index in [4.69, 9.17) is 14.7 Å². The second-order valence-electron chi connectivity index (χ2n) is 4.48. The highest BCUT2D eigenvalue weighted by molar-refractivity contribution is 5.81. The minimum absolute atomic E-state index is 0.160. The fourth-order valence-electron chi connectivity index (χ4n) is 2.86. The molecule has 2 bridgehead atoms. The second kappa shape index (κ2) is 4.81. The van der Waals surface area contributed by atoms with Gasteiger partial charge < -0.3 is 20.1 Å². The molecule has 18 heavy (non-hydrogen) atoms. The van der Waals surface area contributed by atoms with Gasteiger partial charge in [0.05, 0.1) is 11.8 Å². The van der Waals surface area contributed by atoms with Crippen LogP contribution in [0.3, 0.4) is 0 Å². The number of aliphatic carboxylic acids is 2. The summed E-state index contributed by atoms with van der Waals surface area (Å²) in [6.45, 7) is 0. The van der Waals surface area contributed by atoms with Crippen LogP contribution in [0.5, 0.6) is 0 Å². The monoisotopic (exact) mass is 262 g/mol. The summed E-state index contributed by atoms with van der Waals surface area (Å²) in [5.74, 6) is -6.39. The van der Waals surface area contributed by atoms with E-state index in [1.807, 2.05) is 0 Å². The molecule has 2 aliphatic rings. The van der Waals surface area contributed by atoms with Gasteiger partial charge in [-0.05, 0) is 6.42 Å². The van der Waals surface area contributed by atoms with Crippen LogP contribution < -0.4 is 0 Å². The maximum Gasteiger partial charge on any atom is 0.307 e. The zero-order valence-corrected chi connectivity index (χ0v) is 9.55. The smallest absolute Gasteiger partial charge is 0.307 e. The maximum absolute atomic E-state index is 11.2. The quantitative estimate of drug-likeness (QED) is 0.569. The van der Waals surface area contributed by atoms with Crippen LogP contribution in [-0.2, 0) is 24.1 Å². The number of fused-ring (bicyclic) bond motifs is 2. The molecule has 1 heterocycles. The molecule has 0 aromatic heterocycles. The van der Waals surface area contributed by atoms with Crippen LogP contribution in [0.15, 0.2) is 0 Å². The molecule has 8 nitrogen and oxygen atoms in total. The Labute approximate surface area is 102 Å². The van der Waals surface area contributed by atoms with Crippen molar-refractivity contribution in [3.05, 3.63) is 0 Å². The van der Waals surface area contributed by atoms with Gasteiger partial charge in [0.2, 0.25) is 0 Å². The van der Waals surface area contributed by atoms with E-state index in [-0.39, 0.29) is 6.42 Å². The van der Waals surface area contributed by atoms with Crippen LogP contribution in [0.1, 0.15) is 6.42 Å². The number of hydrogen-bond donors (Lipinski definition) is 3. The topological polar surface area (TPSA) is 123 Å². The average Bonchev–Trinajstić information content (AvgIpc) is 2.61. The molecule has 0 spiro atoms. The number of methoxy groups -OCH3 is 1. The summed E-state index contributed by atoms with van der Waals surface area (Å²) in [5, 5.41) is 28.0. The molecule has 0 aromatic rings. The Balaban J connectivity index is 2.37. The number of aliphatic hydroxyl groups excluding tert-OH is 1. The zero-order valence-electron chi connectivity index (χ0n) is 9.55. The highest BCUT2D eigenvalue weighted by atomic mass is 17.2. The largest absolute Gasteiger partial charge is 0.481 e. The Morgan fingerprint density at radius 2 is 1.67 bits per heavy atom. The molecular formula is C10H14O8. The van der Waals surface area contributed by atoms with Gasteiger partial charge in [0.25, 0.3) is 0 Å².